The zero-order valence-electron chi connectivity index (χ0n) is 13.7. The first kappa shape index (κ1) is 16.5. The standard InChI is InChI=1S/C20H19FINS/c1-12-10-11-15-14-6-5-9-18(20(14)24-19(15)13(12)2)23(22)17-8-4-3-7-16(17)21/h3-4,7-11,15,19H,5-6H2,1-2H3. The number of nitrogens with zero attached hydrogens (tertiary/aromatic N) is 1. The van der Waals surface area contributed by atoms with Gasteiger partial charge in [-0.2, -0.15) is 0 Å². The summed E-state index contributed by atoms with van der Waals surface area (Å²) in [6.45, 7) is 4.45. The van der Waals surface area contributed by atoms with Crippen molar-refractivity contribution in [1.29, 1.82) is 0 Å². The van der Waals surface area contributed by atoms with Crippen molar-refractivity contribution in [3.63, 3.8) is 0 Å². The summed E-state index contributed by atoms with van der Waals surface area (Å²) in [6, 6.07) is 7.01. The lowest BCUT2D eigenvalue weighted by Gasteiger charge is -2.25. The van der Waals surface area contributed by atoms with Crippen LogP contribution in [0.4, 0.5) is 10.1 Å². The van der Waals surface area contributed by atoms with E-state index in [4.69, 9.17) is 0 Å². The van der Waals surface area contributed by atoms with E-state index in [2.05, 4.69) is 54.9 Å². The van der Waals surface area contributed by atoms with Crippen molar-refractivity contribution in [2.45, 2.75) is 31.9 Å². The van der Waals surface area contributed by atoms with Crippen molar-refractivity contribution < 1.29 is 4.39 Å². The largest absolute Gasteiger partial charge is 0.279 e. The monoisotopic (exact) mass is 451 g/mol. The molecule has 1 aromatic rings. The van der Waals surface area contributed by atoms with Crippen molar-refractivity contribution in [2.24, 2.45) is 5.92 Å². The Morgan fingerprint density at radius 1 is 1.25 bits per heavy atom. The summed E-state index contributed by atoms with van der Waals surface area (Å²) in [7, 11) is 0. The first-order valence-corrected chi connectivity index (χ1v) is 10.1. The molecule has 0 amide bonds. The highest BCUT2D eigenvalue weighted by atomic mass is 127. The zero-order valence-corrected chi connectivity index (χ0v) is 16.7. The van der Waals surface area contributed by atoms with E-state index in [0.717, 1.165) is 18.5 Å². The summed E-state index contributed by atoms with van der Waals surface area (Å²) in [5.41, 5.74) is 6.18. The quantitative estimate of drug-likeness (QED) is 0.371. The van der Waals surface area contributed by atoms with Crippen LogP contribution < -0.4 is 3.11 Å². The number of thioether (sulfide) groups is 1. The third kappa shape index (κ3) is 2.58. The molecule has 3 aliphatic rings. The Hall–Kier alpha value is -1.01. The molecule has 1 aromatic carbocycles. The summed E-state index contributed by atoms with van der Waals surface area (Å²) in [5, 5.41) is 0.506. The molecule has 4 rings (SSSR count). The van der Waals surface area contributed by atoms with Crippen LogP contribution in [0.2, 0.25) is 0 Å². The highest BCUT2D eigenvalue weighted by molar-refractivity contribution is 14.1. The Bertz CT molecular complexity index is 821. The number of hydrogen-bond donors (Lipinski definition) is 0. The van der Waals surface area contributed by atoms with Gasteiger partial charge in [0.25, 0.3) is 0 Å². The van der Waals surface area contributed by atoms with Gasteiger partial charge in [0, 0.05) is 16.1 Å². The SMILES string of the molecule is CC1=C(C)C2SC3=C(CCC=C3N(I)c3ccccc3F)C2C=C1. The maximum atomic E-state index is 14.2. The summed E-state index contributed by atoms with van der Waals surface area (Å²) in [4.78, 5) is 1.35. The molecular formula is C20H19FINS. The zero-order chi connectivity index (χ0) is 16.8. The molecule has 2 aliphatic carbocycles. The predicted octanol–water partition coefficient (Wildman–Crippen LogP) is 6.55. The maximum absolute atomic E-state index is 14.2. The fourth-order valence-corrected chi connectivity index (χ4v) is 6.36. The number of para-hydroxylation sites is 1. The topological polar surface area (TPSA) is 3.24 Å². The van der Waals surface area contributed by atoms with Gasteiger partial charge in [-0.1, -0.05) is 41.5 Å². The molecule has 0 bridgehead atoms. The molecule has 0 aromatic heterocycles. The highest BCUT2D eigenvalue weighted by Crippen LogP contribution is 2.55. The van der Waals surface area contributed by atoms with E-state index in [9.17, 15) is 4.39 Å². The third-order valence-electron chi connectivity index (χ3n) is 5.13. The van der Waals surface area contributed by atoms with Gasteiger partial charge in [-0.15, -0.1) is 11.8 Å². The van der Waals surface area contributed by atoms with Crippen LogP contribution in [0.3, 0.4) is 0 Å². The van der Waals surface area contributed by atoms with Crippen molar-refractivity contribution in [1.82, 2.24) is 0 Å². The first-order chi connectivity index (χ1) is 11.6. The van der Waals surface area contributed by atoms with Gasteiger partial charge in [0.1, 0.15) is 5.82 Å². The average Bonchev–Trinajstić information content (AvgIpc) is 2.97. The Kier molecular flexibility index (Phi) is 4.37. The molecule has 4 heteroatoms. The summed E-state index contributed by atoms with van der Waals surface area (Å²) in [6.07, 6.45) is 9.04. The molecule has 0 N–H and O–H groups in total. The number of fused-ring (bicyclic) bond motifs is 2. The lowest BCUT2D eigenvalue weighted by Crippen LogP contribution is -2.18. The highest BCUT2D eigenvalue weighted by Gasteiger charge is 2.40. The Morgan fingerprint density at radius 2 is 2.04 bits per heavy atom. The fourth-order valence-electron chi connectivity index (χ4n) is 3.66. The van der Waals surface area contributed by atoms with Crippen molar-refractivity contribution >= 4 is 40.3 Å². The second-order valence-electron chi connectivity index (χ2n) is 6.50. The van der Waals surface area contributed by atoms with E-state index in [1.807, 2.05) is 27.0 Å². The number of hydrogen-bond acceptors (Lipinski definition) is 2. The Morgan fingerprint density at radius 3 is 2.83 bits per heavy atom. The minimum absolute atomic E-state index is 0.173. The van der Waals surface area contributed by atoms with Crippen LogP contribution >= 0.6 is 34.6 Å². The maximum Gasteiger partial charge on any atom is 0.147 e. The average molecular weight is 451 g/mol. The van der Waals surface area contributed by atoms with Gasteiger partial charge in [0.2, 0.25) is 0 Å². The van der Waals surface area contributed by atoms with Crippen LogP contribution in [-0.4, -0.2) is 5.25 Å². The summed E-state index contributed by atoms with van der Waals surface area (Å²) in [5.74, 6) is 0.329. The smallest absolute Gasteiger partial charge is 0.147 e. The minimum Gasteiger partial charge on any atom is -0.279 e. The van der Waals surface area contributed by atoms with Gasteiger partial charge in [0.15, 0.2) is 0 Å². The fraction of sp³-hybridized carbons (Fsp3) is 0.300. The number of benzene rings is 1. The van der Waals surface area contributed by atoms with Crippen LogP contribution in [0.25, 0.3) is 0 Å². The molecule has 1 nitrogen and oxygen atoms in total. The summed E-state index contributed by atoms with van der Waals surface area (Å²) < 4.78 is 16.2. The lowest BCUT2D eigenvalue weighted by molar-refractivity contribution is 0.630. The number of rotatable bonds is 2. The van der Waals surface area contributed by atoms with Crippen molar-refractivity contribution in [2.75, 3.05) is 3.11 Å². The van der Waals surface area contributed by atoms with E-state index in [1.54, 1.807) is 6.07 Å². The van der Waals surface area contributed by atoms with Gasteiger partial charge in [-0.25, -0.2) is 4.39 Å². The molecule has 1 heterocycles. The van der Waals surface area contributed by atoms with Crippen LogP contribution in [0.15, 0.2) is 69.8 Å². The van der Waals surface area contributed by atoms with E-state index < -0.39 is 0 Å². The van der Waals surface area contributed by atoms with E-state index in [1.165, 1.54) is 27.7 Å². The van der Waals surface area contributed by atoms with Crippen LogP contribution in [-0.2, 0) is 0 Å². The van der Waals surface area contributed by atoms with Gasteiger partial charge >= 0.3 is 0 Å². The van der Waals surface area contributed by atoms with E-state index in [0.29, 0.717) is 16.9 Å². The molecular weight excluding hydrogens is 432 g/mol. The van der Waals surface area contributed by atoms with Gasteiger partial charge in [-0.05, 0) is 44.4 Å². The Labute approximate surface area is 160 Å². The van der Waals surface area contributed by atoms with Crippen LogP contribution in [0, 0.1) is 11.7 Å². The van der Waals surface area contributed by atoms with E-state index in [-0.39, 0.29) is 5.82 Å². The molecule has 124 valence electrons. The molecule has 2 atom stereocenters. The van der Waals surface area contributed by atoms with Gasteiger partial charge < -0.3 is 0 Å². The number of anilines is 1. The van der Waals surface area contributed by atoms with Gasteiger partial charge in [0.05, 0.1) is 34.2 Å². The number of halogens is 2. The molecule has 2 unspecified atom stereocenters. The molecule has 0 fully saturated rings. The Balaban J connectivity index is 1.71. The van der Waals surface area contributed by atoms with Crippen molar-refractivity contribution in [3.05, 3.63) is 75.6 Å². The second-order valence-corrected chi connectivity index (χ2v) is 8.62. The molecule has 24 heavy (non-hydrogen) atoms. The first-order valence-electron chi connectivity index (χ1n) is 8.24. The molecule has 0 radical (unpaired) electrons. The lowest BCUT2D eigenvalue weighted by atomic mass is 9.82. The normalized spacial score (nSPS) is 25.6. The minimum atomic E-state index is -0.173. The second kappa shape index (κ2) is 6.37. The number of allylic oxidation sites excluding steroid dienone is 5. The van der Waals surface area contributed by atoms with Crippen molar-refractivity contribution in [3.8, 4) is 0 Å². The predicted molar refractivity (Wildman–Crippen MR) is 110 cm³/mol. The van der Waals surface area contributed by atoms with Crippen LogP contribution in [0.1, 0.15) is 26.7 Å². The van der Waals surface area contributed by atoms with E-state index >= 15 is 0 Å². The third-order valence-corrected chi connectivity index (χ3v) is 7.77. The summed E-state index contributed by atoms with van der Waals surface area (Å²) >= 11 is 4.20. The molecule has 0 saturated carbocycles. The van der Waals surface area contributed by atoms with Gasteiger partial charge in [-0.3, -0.25) is 3.11 Å². The molecule has 0 saturated heterocycles. The molecule has 1 aliphatic heterocycles. The van der Waals surface area contributed by atoms with Crippen LogP contribution in [0.5, 0.6) is 0 Å². The molecule has 0 spiro atoms.